The highest BCUT2D eigenvalue weighted by Gasteiger charge is 2.27. The van der Waals surface area contributed by atoms with E-state index in [0.29, 0.717) is 6.42 Å². The van der Waals surface area contributed by atoms with Crippen molar-refractivity contribution in [3.63, 3.8) is 0 Å². The summed E-state index contributed by atoms with van der Waals surface area (Å²) in [7, 11) is 0. The van der Waals surface area contributed by atoms with E-state index in [-0.39, 0.29) is 24.0 Å². The van der Waals surface area contributed by atoms with Crippen molar-refractivity contribution >= 4 is 5.91 Å². The number of hydrogen-bond acceptors (Lipinski definition) is 3. The van der Waals surface area contributed by atoms with Crippen molar-refractivity contribution in [3.05, 3.63) is 0 Å². The van der Waals surface area contributed by atoms with Gasteiger partial charge < -0.3 is 16.2 Å². The van der Waals surface area contributed by atoms with E-state index in [2.05, 4.69) is 12.2 Å². The Morgan fingerprint density at radius 1 is 1.35 bits per heavy atom. The Morgan fingerprint density at radius 2 is 1.94 bits per heavy atom. The fourth-order valence-corrected chi connectivity index (χ4v) is 1.68. The summed E-state index contributed by atoms with van der Waals surface area (Å²) in [6.07, 6.45) is 3.29. The van der Waals surface area contributed by atoms with E-state index in [1.54, 1.807) is 0 Å². The molecule has 0 aliphatic carbocycles. The number of carbonyl (C=O) groups excluding carboxylic acids is 1. The SMILES string of the molecule is CCCC[C@H](N)C(=O)NC(CCO)C(C)(C)C. The maximum atomic E-state index is 11.9. The van der Waals surface area contributed by atoms with Gasteiger partial charge in [-0.3, -0.25) is 4.79 Å². The largest absolute Gasteiger partial charge is 0.396 e. The van der Waals surface area contributed by atoms with Gasteiger partial charge in [-0.1, -0.05) is 40.5 Å². The molecule has 102 valence electrons. The molecule has 0 aromatic carbocycles. The molecule has 0 aromatic heterocycles. The fraction of sp³-hybridized carbons (Fsp3) is 0.923. The average molecular weight is 244 g/mol. The van der Waals surface area contributed by atoms with Crippen LogP contribution in [0.15, 0.2) is 0 Å². The van der Waals surface area contributed by atoms with Crippen molar-refractivity contribution in [1.29, 1.82) is 0 Å². The first-order valence-electron chi connectivity index (χ1n) is 6.49. The maximum absolute atomic E-state index is 11.9. The third-order valence-corrected chi connectivity index (χ3v) is 2.99. The second-order valence-electron chi connectivity index (χ2n) is 5.69. The number of aliphatic hydroxyl groups excluding tert-OH is 1. The quantitative estimate of drug-likeness (QED) is 0.634. The van der Waals surface area contributed by atoms with Crippen LogP contribution in [0.2, 0.25) is 0 Å². The van der Waals surface area contributed by atoms with Crippen molar-refractivity contribution in [3.8, 4) is 0 Å². The summed E-state index contributed by atoms with van der Waals surface area (Å²) in [5.74, 6) is -0.105. The maximum Gasteiger partial charge on any atom is 0.237 e. The van der Waals surface area contributed by atoms with Crippen LogP contribution in [-0.2, 0) is 4.79 Å². The Labute approximate surface area is 105 Å². The topological polar surface area (TPSA) is 75.4 Å². The Bertz CT molecular complexity index is 224. The molecule has 0 aliphatic rings. The van der Waals surface area contributed by atoms with E-state index >= 15 is 0 Å². The monoisotopic (exact) mass is 244 g/mol. The van der Waals surface area contributed by atoms with E-state index in [9.17, 15) is 4.79 Å². The molecule has 0 aliphatic heterocycles. The van der Waals surface area contributed by atoms with Gasteiger partial charge in [-0.15, -0.1) is 0 Å². The van der Waals surface area contributed by atoms with Gasteiger partial charge >= 0.3 is 0 Å². The summed E-state index contributed by atoms with van der Waals surface area (Å²) < 4.78 is 0. The zero-order valence-electron chi connectivity index (χ0n) is 11.6. The standard InChI is InChI=1S/C13H28N2O2/c1-5-6-7-10(14)12(17)15-11(8-9-16)13(2,3)4/h10-11,16H,5-9,14H2,1-4H3,(H,15,17)/t10-,11?/m0/s1. The molecule has 0 saturated carbocycles. The molecule has 1 unspecified atom stereocenters. The number of nitrogens with one attached hydrogen (secondary N) is 1. The van der Waals surface area contributed by atoms with Gasteiger partial charge in [0.2, 0.25) is 5.91 Å². The highest BCUT2D eigenvalue weighted by Crippen LogP contribution is 2.21. The van der Waals surface area contributed by atoms with Crippen molar-refractivity contribution < 1.29 is 9.90 Å². The highest BCUT2D eigenvalue weighted by molar-refractivity contribution is 5.81. The van der Waals surface area contributed by atoms with Crippen LogP contribution in [0.1, 0.15) is 53.4 Å². The molecule has 17 heavy (non-hydrogen) atoms. The summed E-state index contributed by atoms with van der Waals surface area (Å²) in [6.45, 7) is 8.29. The van der Waals surface area contributed by atoms with E-state index in [4.69, 9.17) is 10.8 Å². The number of carbonyl (C=O) groups is 1. The lowest BCUT2D eigenvalue weighted by Gasteiger charge is -2.32. The van der Waals surface area contributed by atoms with Crippen LogP contribution in [0.4, 0.5) is 0 Å². The molecular formula is C13H28N2O2. The molecule has 0 bridgehead atoms. The summed E-state index contributed by atoms with van der Waals surface area (Å²) in [5, 5.41) is 12.0. The lowest BCUT2D eigenvalue weighted by atomic mass is 9.84. The molecule has 0 aromatic rings. The van der Waals surface area contributed by atoms with E-state index < -0.39 is 6.04 Å². The molecule has 4 heteroatoms. The minimum atomic E-state index is -0.432. The fourth-order valence-electron chi connectivity index (χ4n) is 1.68. The van der Waals surface area contributed by atoms with Crippen LogP contribution in [0.25, 0.3) is 0 Å². The zero-order valence-corrected chi connectivity index (χ0v) is 11.6. The molecule has 1 amide bonds. The normalized spacial score (nSPS) is 15.4. The van der Waals surface area contributed by atoms with Gasteiger partial charge in [0, 0.05) is 12.6 Å². The average Bonchev–Trinajstić information content (AvgIpc) is 2.23. The Balaban J connectivity index is 4.30. The number of nitrogens with two attached hydrogens (primary N) is 1. The van der Waals surface area contributed by atoms with Gasteiger partial charge in [0.05, 0.1) is 6.04 Å². The lowest BCUT2D eigenvalue weighted by Crippen LogP contribution is -2.50. The van der Waals surface area contributed by atoms with E-state index in [1.165, 1.54) is 0 Å². The van der Waals surface area contributed by atoms with E-state index in [1.807, 2.05) is 20.8 Å². The number of hydrogen-bond donors (Lipinski definition) is 3. The van der Waals surface area contributed by atoms with Gasteiger partial charge in [-0.25, -0.2) is 0 Å². The first-order valence-corrected chi connectivity index (χ1v) is 6.49. The molecule has 0 heterocycles. The molecule has 0 saturated heterocycles. The summed E-state index contributed by atoms with van der Waals surface area (Å²) >= 11 is 0. The zero-order chi connectivity index (χ0) is 13.5. The third kappa shape index (κ3) is 6.64. The minimum Gasteiger partial charge on any atom is -0.396 e. The molecular weight excluding hydrogens is 216 g/mol. The lowest BCUT2D eigenvalue weighted by molar-refractivity contribution is -0.124. The van der Waals surface area contributed by atoms with Crippen LogP contribution in [0, 0.1) is 5.41 Å². The van der Waals surface area contributed by atoms with Crippen LogP contribution in [0.3, 0.4) is 0 Å². The molecule has 0 rings (SSSR count). The van der Waals surface area contributed by atoms with Crippen molar-refractivity contribution in [2.45, 2.75) is 65.5 Å². The second-order valence-corrected chi connectivity index (χ2v) is 5.69. The van der Waals surface area contributed by atoms with Gasteiger partial charge in [-0.2, -0.15) is 0 Å². The van der Waals surface area contributed by atoms with Crippen LogP contribution in [0.5, 0.6) is 0 Å². The predicted octanol–water partition coefficient (Wildman–Crippen LogP) is 1.42. The second kappa shape index (κ2) is 7.67. The first kappa shape index (κ1) is 16.4. The third-order valence-electron chi connectivity index (χ3n) is 2.99. The van der Waals surface area contributed by atoms with Crippen LogP contribution in [-0.4, -0.2) is 29.7 Å². The van der Waals surface area contributed by atoms with Crippen molar-refractivity contribution in [1.82, 2.24) is 5.32 Å². The van der Waals surface area contributed by atoms with Crippen molar-refractivity contribution in [2.24, 2.45) is 11.1 Å². The summed E-state index contributed by atoms with van der Waals surface area (Å²) in [6, 6.07) is -0.467. The molecule has 2 atom stereocenters. The number of amides is 1. The first-order chi connectivity index (χ1) is 7.82. The highest BCUT2D eigenvalue weighted by atomic mass is 16.3. The van der Waals surface area contributed by atoms with Crippen molar-refractivity contribution in [2.75, 3.05) is 6.61 Å². The van der Waals surface area contributed by atoms with Gasteiger partial charge in [0.25, 0.3) is 0 Å². The number of unbranched alkanes of at least 4 members (excludes halogenated alkanes) is 1. The van der Waals surface area contributed by atoms with Gasteiger partial charge in [0.1, 0.15) is 0 Å². The predicted molar refractivity (Wildman–Crippen MR) is 70.6 cm³/mol. The van der Waals surface area contributed by atoms with Crippen LogP contribution < -0.4 is 11.1 Å². The Kier molecular flexibility index (Phi) is 7.39. The minimum absolute atomic E-state index is 0.0346. The summed E-state index contributed by atoms with van der Waals surface area (Å²) in [4.78, 5) is 11.9. The molecule has 4 N–H and O–H groups in total. The van der Waals surface area contributed by atoms with Gasteiger partial charge in [0.15, 0.2) is 0 Å². The number of rotatable bonds is 7. The molecule has 0 spiro atoms. The Morgan fingerprint density at radius 3 is 2.35 bits per heavy atom. The molecule has 0 fully saturated rings. The van der Waals surface area contributed by atoms with E-state index in [0.717, 1.165) is 19.3 Å². The molecule has 4 nitrogen and oxygen atoms in total. The smallest absolute Gasteiger partial charge is 0.237 e. The van der Waals surface area contributed by atoms with Gasteiger partial charge in [-0.05, 0) is 18.3 Å². The van der Waals surface area contributed by atoms with Crippen LogP contribution >= 0.6 is 0 Å². The Hall–Kier alpha value is -0.610. The number of aliphatic hydroxyl groups is 1. The summed E-state index contributed by atoms with van der Waals surface area (Å²) in [5.41, 5.74) is 5.75. The molecule has 0 radical (unpaired) electrons.